The molecule has 0 saturated heterocycles. The van der Waals surface area contributed by atoms with E-state index in [-0.39, 0.29) is 24.0 Å². The topological polar surface area (TPSA) is 65.1 Å². The molecule has 2 aliphatic rings. The number of halogens is 2. The maximum atomic E-state index is 13.6. The SMILES string of the molecule is COc1cccc(C2CC(=O)N(c3ccc(F)c(Cl)c3)C3=C2C(=O)OC3)c1OC. The minimum atomic E-state index is -0.591. The lowest BCUT2D eigenvalue weighted by Crippen LogP contribution is -2.37. The van der Waals surface area contributed by atoms with Gasteiger partial charge in [0.05, 0.1) is 36.2 Å². The Hall–Kier alpha value is -3.06. The van der Waals surface area contributed by atoms with Crippen molar-refractivity contribution in [2.24, 2.45) is 0 Å². The van der Waals surface area contributed by atoms with Gasteiger partial charge in [0, 0.05) is 17.9 Å². The van der Waals surface area contributed by atoms with E-state index in [0.29, 0.717) is 34.0 Å². The van der Waals surface area contributed by atoms with Crippen LogP contribution in [0.15, 0.2) is 47.7 Å². The van der Waals surface area contributed by atoms with E-state index in [0.717, 1.165) is 0 Å². The molecule has 0 radical (unpaired) electrons. The molecule has 2 aromatic carbocycles. The van der Waals surface area contributed by atoms with Gasteiger partial charge in [-0.25, -0.2) is 9.18 Å². The molecule has 1 atom stereocenters. The summed E-state index contributed by atoms with van der Waals surface area (Å²) < 4.78 is 29.7. The van der Waals surface area contributed by atoms with Gasteiger partial charge in [-0.15, -0.1) is 0 Å². The van der Waals surface area contributed by atoms with Crippen molar-refractivity contribution in [3.63, 3.8) is 0 Å². The van der Waals surface area contributed by atoms with E-state index in [2.05, 4.69) is 0 Å². The number of amides is 1. The lowest BCUT2D eigenvalue weighted by atomic mass is 9.83. The van der Waals surface area contributed by atoms with Crippen LogP contribution in [0.25, 0.3) is 0 Å². The molecule has 29 heavy (non-hydrogen) atoms. The van der Waals surface area contributed by atoms with Crippen molar-refractivity contribution in [3.05, 3.63) is 64.1 Å². The van der Waals surface area contributed by atoms with Crippen LogP contribution >= 0.6 is 11.6 Å². The van der Waals surface area contributed by atoms with Crippen molar-refractivity contribution in [1.29, 1.82) is 0 Å². The predicted molar refractivity (Wildman–Crippen MR) is 104 cm³/mol. The standard InChI is InChI=1S/C21H17ClFNO5/c1-27-17-5-3-4-12(20(17)28-2)13-9-18(25)24(16-10-29-21(26)19(13)16)11-6-7-15(23)14(22)8-11/h3-8,13H,9-10H2,1-2H3. The smallest absolute Gasteiger partial charge is 0.336 e. The van der Waals surface area contributed by atoms with Gasteiger partial charge in [0.25, 0.3) is 0 Å². The molecule has 1 unspecified atom stereocenters. The van der Waals surface area contributed by atoms with Crippen LogP contribution in [0.4, 0.5) is 10.1 Å². The van der Waals surface area contributed by atoms with Crippen LogP contribution in [-0.4, -0.2) is 32.7 Å². The third kappa shape index (κ3) is 3.11. The molecule has 0 aromatic heterocycles. The quantitative estimate of drug-likeness (QED) is 0.707. The summed E-state index contributed by atoms with van der Waals surface area (Å²) in [6.07, 6.45) is 0.00641. The number of esters is 1. The van der Waals surface area contributed by atoms with Crippen LogP contribution in [-0.2, 0) is 14.3 Å². The Balaban J connectivity index is 1.86. The van der Waals surface area contributed by atoms with Gasteiger partial charge in [-0.1, -0.05) is 23.7 Å². The lowest BCUT2D eigenvalue weighted by molar-refractivity contribution is -0.136. The summed E-state index contributed by atoms with van der Waals surface area (Å²) in [6.45, 7) is -0.0579. The Morgan fingerprint density at radius 3 is 2.66 bits per heavy atom. The van der Waals surface area contributed by atoms with Crippen LogP contribution in [0, 0.1) is 5.82 Å². The highest BCUT2D eigenvalue weighted by Gasteiger charge is 2.44. The monoisotopic (exact) mass is 417 g/mol. The molecule has 0 N–H and O–H groups in total. The molecule has 6 nitrogen and oxygen atoms in total. The highest BCUT2D eigenvalue weighted by atomic mass is 35.5. The lowest BCUT2D eigenvalue weighted by Gasteiger charge is -2.32. The van der Waals surface area contributed by atoms with Gasteiger partial charge < -0.3 is 14.2 Å². The van der Waals surface area contributed by atoms with Crippen LogP contribution in [0.1, 0.15) is 17.9 Å². The number of benzene rings is 2. The molecule has 0 spiro atoms. The molecule has 0 aliphatic carbocycles. The number of methoxy groups -OCH3 is 2. The second-order valence-corrected chi connectivity index (χ2v) is 7.01. The fourth-order valence-corrected chi connectivity index (χ4v) is 4.00. The molecule has 0 saturated carbocycles. The number of ether oxygens (including phenoxy) is 3. The number of hydrogen-bond donors (Lipinski definition) is 0. The number of para-hydroxylation sites is 1. The number of nitrogens with zero attached hydrogens (tertiary/aromatic N) is 1. The highest BCUT2D eigenvalue weighted by molar-refractivity contribution is 6.31. The number of hydrogen-bond acceptors (Lipinski definition) is 5. The molecule has 2 heterocycles. The maximum absolute atomic E-state index is 13.6. The zero-order chi connectivity index (χ0) is 20.7. The van der Waals surface area contributed by atoms with E-state index in [1.54, 1.807) is 18.2 Å². The van der Waals surface area contributed by atoms with Gasteiger partial charge in [-0.3, -0.25) is 9.69 Å². The van der Waals surface area contributed by atoms with E-state index in [1.807, 2.05) is 0 Å². The molecule has 1 amide bonds. The molecule has 2 aromatic rings. The van der Waals surface area contributed by atoms with Crippen molar-refractivity contribution in [3.8, 4) is 11.5 Å². The largest absolute Gasteiger partial charge is 0.493 e. The Labute approximate surface area is 171 Å². The van der Waals surface area contributed by atoms with Gasteiger partial charge >= 0.3 is 5.97 Å². The zero-order valence-corrected chi connectivity index (χ0v) is 16.5. The van der Waals surface area contributed by atoms with Gasteiger partial charge in [0.2, 0.25) is 5.91 Å². The summed E-state index contributed by atoms with van der Waals surface area (Å²) >= 11 is 5.89. The second-order valence-electron chi connectivity index (χ2n) is 6.60. The Kier molecular flexibility index (Phi) is 4.92. The second kappa shape index (κ2) is 7.40. The number of carbonyl (C=O) groups excluding carboxylic acids is 2. The Bertz CT molecular complexity index is 1050. The minimum absolute atomic E-state index is 0.00641. The number of rotatable bonds is 4. The van der Waals surface area contributed by atoms with Crippen LogP contribution in [0.5, 0.6) is 11.5 Å². The van der Waals surface area contributed by atoms with Crippen molar-refractivity contribution in [1.82, 2.24) is 0 Å². The highest BCUT2D eigenvalue weighted by Crippen LogP contribution is 2.46. The van der Waals surface area contributed by atoms with E-state index >= 15 is 0 Å². The third-order valence-corrected chi connectivity index (χ3v) is 5.38. The Morgan fingerprint density at radius 1 is 1.17 bits per heavy atom. The first kappa shape index (κ1) is 19.3. The van der Waals surface area contributed by atoms with Crippen LogP contribution in [0.2, 0.25) is 5.02 Å². The summed E-state index contributed by atoms with van der Waals surface area (Å²) in [4.78, 5) is 27.0. The normalized spacial score (nSPS) is 18.6. The van der Waals surface area contributed by atoms with Crippen molar-refractivity contribution < 1.29 is 28.2 Å². The van der Waals surface area contributed by atoms with Crippen molar-refractivity contribution >= 4 is 29.2 Å². The van der Waals surface area contributed by atoms with E-state index < -0.39 is 17.7 Å². The van der Waals surface area contributed by atoms with Crippen LogP contribution in [0.3, 0.4) is 0 Å². The first-order valence-electron chi connectivity index (χ1n) is 8.85. The predicted octanol–water partition coefficient (Wildman–Crippen LogP) is 3.83. The van der Waals surface area contributed by atoms with Gasteiger partial charge in [0.1, 0.15) is 12.4 Å². The fourth-order valence-electron chi connectivity index (χ4n) is 3.83. The maximum Gasteiger partial charge on any atom is 0.336 e. The van der Waals surface area contributed by atoms with Crippen LogP contribution < -0.4 is 14.4 Å². The molecule has 0 fully saturated rings. The Morgan fingerprint density at radius 2 is 1.97 bits per heavy atom. The number of cyclic esters (lactones) is 1. The molecule has 8 heteroatoms. The summed E-state index contributed by atoms with van der Waals surface area (Å²) in [5.41, 5.74) is 1.83. The number of carbonyl (C=O) groups is 2. The first-order chi connectivity index (χ1) is 14.0. The van der Waals surface area contributed by atoms with Gasteiger partial charge in [-0.05, 0) is 24.3 Å². The molecule has 4 rings (SSSR count). The molecule has 150 valence electrons. The van der Waals surface area contributed by atoms with E-state index in [4.69, 9.17) is 25.8 Å². The summed E-state index contributed by atoms with van der Waals surface area (Å²) in [6, 6.07) is 9.28. The number of anilines is 1. The summed E-state index contributed by atoms with van der Waals surface area (Å²) in [7, 11) is 3.02. The summed E-state index contributed by atoms with van der Waals surface area (Å²) in [5, 5.41) is -0.112. The van der Waals surface area contributed by atoms with Gasteiger partial charge in [-0.2, -0.15) is 0 Å². The molecule has 0 bridgehead atoms. The molecular weight excluding hydrogens is 401 g/mol. The zero-order valence-electron chi connectivity index (χ0n) is 15.7. The van der Waals surface area contributed by atoms with E-state index in [9.17, 15) is 14.0 Å². The van der Waals surface area contributed by atoms with Gasteiger partial charge in [0.15, 0.2) is 11.5 Å². The average molecular weight is 418 g/mol. The summed E-state index contributed by atoms with van der Waals surface area (Å²) in [5.74, 6) is -0.951. The molecular formula is C21H17ClFNO5. The van der Waals surface area contributed by atoms with Crippen molar-refractivity contribution in [2.45, 2.75) is 12.3 Å². The first-order valence-corrected chi connectivity index (χ1v) is 9.23. The van der Waals surface area contributed by atoms with E-state index in [1.165, 1.54) is 37.3 Å². The minimum Gasteiger partial charge on any atom is -0.493 e. The average Bonchev–Trinajstić information content (AvgIpc) is 3.10. The fraction of sp³-hybridized carbons (Fsp3) is 0.238. The van der Waals surface area contributed by atoms with Crippen molar-refractivity contribution in [2.75, 3.05) is 25.7 Å². The third-order valence-electron chi connectivity index (χ3n) is 5.09. The molecule has 2 aliphatic heterocycles.